The van der Waals surface area contributed by atoms with E-state index in [9.17, 15) is 14.3 Å². The lowest BCUT2D eigenvalue weighted by atomic mass is 10.0. The van der Waals surface area contributed by atoms with E-state index in [1.54, 1.807) is 21.7 Å². The third-order valence-corrected chi connectivity index (χ3v) is 7.63. The van der Waals surface area contributed by atoms with Crippen LogP contribution in [-0.4, -0.2) is 51.5 Å². The predicted octanol–water partition coefficient (Wildman–Crippen LogP) is 5.27. The average molecular weight is 608 g/mol. The van der Waals surface area contributed by atoms with Crippen LogP contribution in [0.4, 0.5) is 4.39 Å². The lowest BCUT2D eigenvalue weighted by molar-refractivity contribution is 0.0665. The number of amides is 1. The van der Waals surface area contributed by atoms with Gasteiger partial charge in [-0.05, 0) is 54.3 Å². The minimum atomic E-state index is -0.308. The summed E-state index contributed by atoms with van der Waals surface area (Å²) in [7, 11) is 0. The first-order valence-corrected chi connectivity index (χ1v) is 13.3. The first-order valence-electron chi connectivity index (χ1n) is 11.4. The number of benzene rings is 2. The third-order valence-electron chi connectivity index (χ3n) is 6.45. The van der Waals surface area contributed by atoms with Crippen LogP contribution in [0.3, 0.4) is 0 Å². The minimum absolute atomic E-state index is 0.0789. The Labute approximate surface area is 221 Å². The lowest BCUT2D eigenvalue weighted by Crippen LogP contribution is -2.38. The summed E-state index contributed by atoms with van der Waals surface area (Å²) in [5.74, 6) is -0.528. The highest BCUT2D eigenvalue weighted by Gasteiger charge is 2.35. The highest BCUT2D eigenvalue weighted by atomic mass is 127. The molecular formula is C26H24ClFIN3O3. The maximum atomic E-state index is 13.6. The molecule has 0 unspecified atom stereocenters. The van der Waals surface area contributed by atoms with Crippen molar-refractivity contribution in [2.75, 3.05) is 19.8 Å². The Morgan fingerprint density at radius 2 is 2.06 bits per heavy atom. The van der Waals surface area contributed by atoms with Crippen LogP contribution in [0, 0.1) is 5.82 Å². The average Bonchev–Trinajstić information content (AvgIpc) is 3.50. The Bertz CT molecular complexity index is 1290. The molecule has 9 heteroatoms. The van der Waals surface area contributed by atoms with Crippen molar-refractivity contribution in [1.82, 2.24) is 14.7 Å². The number of fused-ring (bicyclic) bond motifs is 1. The number of hydrogen-bond donors (Lipinski definition) is 1. The number of alkyl halides is 1. The molecule has 182 valence electrons. The van der Waals surface area contributed by atoms with Crippen molar-refractivity contribution in [3.63, 3.8) is 0 Å². The number of halogens is 3. The highest BCUT2D eigenvalue weighted by Crippen LogP contribution is 2.35. The zero-order chi connectivity index (χ0) is 24.5. The van der Waals surface area contributed by atoms with Gasteiger partial charge in [-0.15, -0.1) is 0 Å². The molecule has 2 aromatic carbocycles. The zero-order valence-corrected chi connectivity index (χ0v) is 21.8. The van der Waals surface area contributed by atoms with Gasteiger partial charge in [0.15, 0.2) is 5.69 Å². The molecule has 1 saturated heterocycles. The largest absolute Gasteiger partial charge is 0.394 e. The summed E-state index contributed by atoms with van der Waals surface area (Å²) in [6, 6.07) is 11.8. The molecule has 0 radical (unpaired) electrons. The van der Waals surface area contributed by atoms with E-state index in [1.165, 1.54) is 12.1 Å². The molecule has 3 aromatic rings. The molecule has 1 N–H and O–H groups in total. The maximum Gasteiger partial charge on any atom is 0.275 e. The van der Waals surface area contributed by atoms with E-state index in [2.05, 4.69) is 22.6 Å². The molecule has 2 aliphatic rings. The van der Waals surface area contributed by atoms with E-state index < -0.39 is 0 Å². The minimum Gasteiger partial charge on any atom is -0.394 e. The van der Waals surface area contributed by atoms with Crippen LogP contribution in [-0.2, 0) is 15.8 Å². The summed E-state index contributed by atoms with van der Waals surface area (Å²) in [4.78, 5) is 15.3. The molecule has 1 amide bonds. The Morgan fingerprint density at radius 1 is 1.26 bits per heavy atom. The molecule has 0 aliphatic carbocycles. The van der Waals surface area contributed by atoms with Gasteiger partial charge in [-0.2, -0.15) is 5.10 Å². The van der Waals surface area contributed by atoms with Crippen LogP contribution in [0.15, 0.2) is 42.5 Å². The molecule has 5 rings (SSSR count). The molecule has 6 nitrogen and oxygen atoms in total. The van der Waals surface area contributed by atoms with Crippen LogP contribution in [0.1, 0.15) is 45.7 Å². The van der Waals surface area contributed by atoms with Crippen molar-refractivity contribution in [2.45, 2.75) is 29.9 Å². The summed E-state index contributed by atoms with van der Waals surface area (Å²) in [5, 5.41) is 15.1. The van der Waals surface area contributed by atoms with Crippen molar-refractivity contribution in [2.24, 2.45) is 0 Å². The Kier molecular flexibility index (Phi) is 7.24. The number of aromatic nitrogens is 2. The second-order valence-corrected chi connectivity index (χ2v) is 9.87. The Balaban J connectivity index is 1.67. The lowest BCUT2D eigenvalue weighted by Gasteiger charge is -2.23. The molecule has 1 aromatic heterocycles. The van der Waals surface area contributed by atoms with Crippen LogP contribution in [0.25, 0.3) is 17.3 Å². The fourth-order valence-electron chi connectivity index (χ4n) is 4.70. The van der Waals surface area contributed by atoms with Gasteiger partial charge < -0.3 is 14.7 Å². The summed E-state index contributed by atoms with van der Waals surface area (Å²) in [5.41, 5.74) is 5.13. The van der Waals surface area contributed by atoms with E-state index in [0.29, 0.717) is 35.1 Å². The van der Waals surface area contributed by atoms with Gasteiger partial charge in [-0.3, -0.25) is 4.79 Å². The summed E-state index contributed by atoms with van der Waals surface area (Å²) < 4.78 is 21.9. The summed E-state index contributed by atoms with van der Waals surface area (Å²) in [6.07, 6.45) is 3.53. The van der Waals surface area contributed by atoms with Crippen molar-refractivity contribution >= 4 is 51.7 Å². The summed E-state index contributed by atoms with van der Waals surface area (Å²) >= 11 is 8.97. The van der Waals surface area contributed by atoms with E-state index in [0.717, 1.165) is 39.7 Å². The van der Waals surface area contributed by atoms with E-state index >= 15 is 0 Å². The van der Waals surface area contributed by atoms with Gasteiger partial charge in [-0.1, -0.05) is 52.4 Å². The van der Waals surface area contributed by atoms with E-state index in [4.69, 9.17) is 21.4 Å². The van der Waals surface area contributed by atoms with E-state index in [-0.39, 0.29) is 31.0 Å². The molecule has 3 heterocycles. The standard InChI is InChI=1S/C26H24ClFIN3O3/c27-22-11-17(12-29)5-8-23(22)32-25-18(10-16-3-6-19(28)7-4-16)14-35-15-21(25)24(30-32)26(34)31-9-1-2-20(31)13-33/h3-8,10-11,20,33H,1-2,9,12-15H2/b18-10+/t20-/m1/s1. The number of aliphatic hydroxyl groups excluding tert-OH is 1. The fraction of sp³-hybridized carbons (Fsp3) is 0.308. The molecule has 1 atom stereocenters. The molecular weight excluding hydrogens is 584 g/mol. The highest BCUT2D eigenvalue weighted by molar-refractivity contribution is 14.1. The van der Waals surface area contributed by atoms with Crippen LogP contribution in [0.2, 0.25) is 5.02 Å². The molecule has 0 saturated carbocycles. The first-order chi connectivity index (χ1) is 17.0. The Morgan fingerprint density at radius 3 is 2.77 bits per heavy atom. The van der Waals surface area contributed by atoms with Crippen molar-refractivity contribution in [1.29, 1.82) is 0 Å². The van der Waals surface area contributed by atoms with Crippen LogP contribution < -0.4 is 0 Å². The summed E-state index contributed by atoms with van der Waals surface area (Å²) in [6.45, 7) is 1.05. The van der Waals surface area contributed by atoms with Gasteiger partial charge in [0, 0.05) is 22.1 Å². The fourth-order valence-corrected chi connectivity index (χ4v) is 5.46. The number of aliphatic hydroxyl groups is 1. The first kappa shape index (κ1) is 24.4. The number of nitrogens with zero attached hydrogens (tertiary/aromatic N) is 3. The van der Waals surface area contributed by atoms with Gasteiger partial charge in [-0.25, -0.2) is 9.07 Å². The van der Waals surface area contributed by atoms with Gasteiger partial charge in [0.25, 0.3) is 5.91 Å². The Hall–Kier alpha value is -2.27. The second kappa shape index (κ2) is 10.4. The van der Waals surface area contributed by atoms with Crippen molar-refractivity contribution < 1.29 is 19.0 Å². The molecule has 35 heavy (non-hydrogen) atoms. The number of hydrogen-bond acceptors (Lipinski definition) is 4. The van der Waals surface area contributed by atoms with Gasteiger partial charge >= 0.3 is 0 Å². The number of carbonyl (C=O) groups excluding carboxylic acids is 1. The monoisotopic (exact) mass is 607 g/mol. The zero-order valence-electron chi connectivity index (χ0n) is 18.9. The predicted molar refractivity (Wildman–Crippen MR) is 141 cm³/mol. The number of likely N-dealkylation sites (tertiary alicyclic amines) is 1. The molecule has 1 fully saturated rings. The third kappa shape index (κ3) is 4.76. The SMILES string of the molecule is O=C(c1nn(-c2ccc(CI)cc2Cl)c2c1COC/C2=C\c1ccc(F)cc1)N1CCC[C@@H]1CO. The molecule has 0 bridgehead atoms. The molecule has 0 spiro atoms. The van der Waals surface area contributed by atoms with Gasteiger partial charge in [0.2, 0.25) is 0 Å². The number of carbonyl (C=O) groups is 1. The smallest absolute Gasteiger partial charge is 0.275 e. The maximum absolute atomic E-state index is 13.6. The molecule has 2 aliphatic heterocycles. The van der Waals surface area contributed by atoms with Crippen LogP contribution >= 0.6 is 34.2 Å². The van der Waals surface area contributed by atoms with Crippen molar-refractivity contribution in [3.05, 3.63) is 81.4 Å². The quantitative estimate of drug-likeness (QED) is 0.317. The van der Waals surface area contributed by atoms with Gasteiger partial charge in [0.1, 0.15) is 5.82 Å². The normalized spacial score (nSPS) is 18.8. The number of ether oxygens (including phenoxy) is 1. The number of rotatable bonds is 5. The van der Waals surface area contributed by atoms with Crippen LogP contribution in [0.5, 0.6) is 0 Å². The second-order valence-electron chi connectivity index (χ2n) is 8.70. The topological polar surface area (TPSA) is 67.6 Å². The van der Waals surface area contributed by atoms with E-state index in [1.807, 2.05) is 24.3 Å². The van der Waals surface area contributed by atoms with Gasteiger partial charge in [0.05, 0.1) is 42.3 Å². The van der Waals surface area contributed by atoms with Crippen molar-refractivity contribution in [3.8, 4) is 5.69 Å².